The molecule has 3 aromatic carbocycles. The van der Waals surface area contributed by atoms with Crippen molar-refractivity contribution in [2.75, 3.05) is 0 Å². The van der Waals surface area contributed by atoms with Crippen LogP contribution in [0.5, 0.6) is 23.0 Å². The van der Waals surface area contributed by atoms with Gasteiger partial charge in [0.2, 0.25) is 5.91 Å². The van der Waals surface area contributed by atoms with Gasteiger partial charge in [-0.25, -0.2) is 4.98 Å². The van der Waals surface area contributed by atoms with Crippen molar-refractivity contribution < 1.29 is 24.2 Å². The summed E-state index contributed by atoms with van der Waals surface area (Å²) < 4.78 is 13.2. The topological polar surface area (TPSA) is 103 Å². The summed E-state index contributed by atoms with van der Waals surface area (Å²) in [6.45, 7) is 3.93. The summed E-state index contributed by atoms with van der Waals surface area (Å²) in [6, 6.07) is 18.2. The highest BCUT2D eigenvalue weighted by molar-refractivity contribution is 8.16. The summed E-state index contributed by atoms with van der Waals surface area (Å²) in [6.07, 6.45) is 0.453. The molecular formula is C27H25N3O5S. The van der Waals surface area contributed by atoms with E-state index in [0.717, 1.165) is 39.7 Å². The maximum Gasteiger partial charge on any atom is 0.286 e. The number of thioether (sulfide) groups is 1. The van der Waals surface area contributed by atoms with Crippen molar-refractivity contribution in [2.45, 2.75) is 31.6 Å². The number of hydrogen-bond acceptors (Lipinski definition) is 7. The van der Waals surface area contributed by atoms with Crippen molar-refractivity contribution in [2.24, 2.45) is 7.05 Å². The molecule has 8 nitrogen and oxygen atoms in total. The van der Waals surface area contributed by atoms with Gasteiger partial charge < -0.3 is 19.1 Å². The third-order valence-electron chi connectivity index (χ3n) is 6.18. The van der Waals surface area contributed by atoms with Gasteiger partial charge in [0.1, 0.15) is 40.2 Å². The first-order valence-electron chi connectivity index (χ1n) is 11.4. The monoisotopic (exact) mass is 503 g/mol. The number of nitrogens with zero attached hydrogens (tertiary/aromatic N) is 2. The van der Waals surface area contributed by atoms with Gasteiger partial charge in [-0.15, -0.1) is 0 Å². The summed E-state index contributed by atoms with van der Waals surface area (Å²) in [5.41, 5.74) is 3.53. The van der Waals surface area contributed by atoms with Crippen molar-refractivity contribution in [1.29, 1.82) is 0 Å². The SMILES string of the molecule is Cc1cc(O)ccc1Oc1ccc2nc(COc3ccc(C[C@@]4(C)SC(=O)NC4=O)cc3)n(C)c2c1. The number of imide groups is 1. The standard InChI is InChI=1S/C27H25N3O5S/c1-16-12-18(31)6-11-23(16)35-20-9-10-21-22(13-20)30(3)24(28-21)15-34-19-7-4-17(5-8-19)14-27(2)25(32)29-26(33)36-27/h4-13,31H,14-15H2,1-3H3,(H,29,32,33)/t27-/m1/s1. The van der Waals surface area contributed by atoms with E-state index < -0.39 is 4.75 Å². The molecule has 36 heavy (non-hydrogen) atoms. The average molecular weight is 504 g/mol. The fraction of sp³-hybridized carbons (Fsp3) is 0.222. The lowest BCUT2D eigenvalue weighted by Gasteiger charge is -2.18. The van der Waals surface area contributed by atoms with Gasteiger partial charge in [0.25, 0.3) is 5.24 Å². The van der Waals surface area contributed by atoms with Gasteiger partial charge in [0, 0.05) is 13.1 Å². The van der Waals surface area contributed by atoms with Gasteiger partial charge in [-0.3, -0.25) is 14.9 Å². The molecule has 1 aliphatic rings. The summed E-state index contributed by atoms with van der Waals surface area (Å²) >= 11 is 1.03. The van der Waals surface area contributed by atoms with Gasteiger partial charge in [0.05, 0.1) is 11.0 Å². The van der Waals surface area contributed by atoms with E-state index in [0.29, 0.717) is 23.7 Å². The van der Waals surface area contributed by atoms with Crippen LogP contribution in [0, 0.1) is 6.92 Å². The third kappa shape index (κ3) is 4.74. The number of carbonyl (C=O) groups is 2. The van der Waals surface area contributed by atoms with Gasteiger partial charge in [0.15, 0.2) is 0 Å². The molecule has 2 heterocycles. The van der Waals surface area contributed by atoms with Crippen molar-refractivity contribution in [3.63, 3.8) is 0 Å². The second kappa shape index (κ2) is 9.23. The first-order valence-corrected chi connectivity index (χ1v) is 12.2. The van der Waals surface area contributed by atoms with Crippen molar-refractivity contribution in [3.05, 3.63) is 77.6 Å². The van der Waals surface area contributed by atoms with Crippen LogP contribution in [0.3, 0.4) is 0 Å². The van der Waals surface area contributed by atoms with E-state index >= 15 is 0 Å². The number of hydrogen-bond donors (Lipinski definition) is 2. The first kappa shape index (κ1) is 23.7. The molecule has 0 unspecified atom stereocenters. The van der Waals surface area contributed by atoms with E-state index in [1.54, 1.807) is 25.1 Å². The zero-order valence-corrected chi connectivity index (χ0v) is 20.9. The zero-order valence-electron chi connectivity index (χ0n) is 20.1. The second-order valence-electron chi connectivity index (χ2n) is 8.97. The average Bonchev–Trinajstić information content (AvgIpc) is 3.28. The first-order chi connectivity index (χ1) is 17.2. The number of aromatic hydroxyl groups is 1. The predicted molar refractivity (Wildman–Crippen MR) is 138 cm³/mol. The number of aromatic nitrogens is 2. The Morgan fingerprint density at radius 3 is 2.50 bits per heavy atom. The number of phenolic OH excluding ortho intramolecular Hbond substituents is 1. The van der Waals surface area contributed by atoms with Crippen LogP contribution in [0.2, 0.25) is 0 Å². The fourth-order valence-electron chi connectivity index (χ4n) is 4.15. The van der Waals surface area contributed by atoms with Crippen LogP contribution in [0.4, 0.5) is 4.79 Å². The number of benzene rings is 3. The smallest absolute Gasteiger partial charge is 0.286 e. The highest BCUT2D eigenvalue weighted by Crippen LogP contribution is 2.35. The molecule has 0 aliphatic carbocycles. The molecule has 0 radical (unpaired) electrons. The maximum atomic E-state index is 12.1. The summed E-state index contributed by atoms with van der Waals surface area (Å²) in [7, 11) is 1.93. The predicted octanol–water partition coefficient (Wildman–Crippen LogP) is 5.24. The molecule has 0 bridgehead atoms. The molecule has 2 N–H and O–H groups in total. The van der Waals surface area contributed by atoms with Crippen LogP contribution >= 0.6 is 11.8 Å². The molecule has 0 spiro atoms. The lowest BCUT2D eigenvalue weighted by Crippen LogP contribution is -2.35. The van der Waals surface area contributed by atoms with E-state index in [2.05, 4.69) is 10.3 Å². The van der Waals surface area contributed by atoms with Crippen LogP contribution < -0.4 is 14.8 Å². The molecule has 1 fully saturated rings. The number of phenols is 1. The van der Waals surface area contributed by atoms with Gasteiger partial charge in [-0.2, -0.15) is 0 Å². The van der Waals surface area contributed by atoms with Crippen LogP contribution in [0.25, 0.3) is 11.0 Å². The minimum Gasteiger partial charge on any atom is -0.508 e. The van der Waals surface area contributed by atoms with Crippen LogP contribution in [-0.2, 0) is 24.9 Å². The minimum atomic E-state index is -0.796. The third-order valence-corrected chi connectivity index (χ3v) is 7.25. The van der Waals surface area contributed by atoms with Gasteiger partial charge >= 0.3 is 0 Å². The highest BCUT2D eigenvalue weighted by atomic mass is 32.2. The molecule has 5 rings (SSSR count). The Balaban J connectivity index is 1.26. The number of aryl methyl sites for hydroxylation is 2. The number of carbonyl (C=O) groups excluding carboxylic acids is 2. The molecule has 0 saturated carbocycles. The molecular weight excluding hydrogens is 478 g/mol. The van der Waals surface area contributed by atoms with E-state index in [9.17, 15) is 14.7 Å². The molecule has 1 aromatic heterocycles. The number of nitrogens with one attached hydrogen (secondary N) is 1. The van der Waals surface area contributed by atoms with E-state index in [-0.39, 0.29) is 23.5 Å². The number of ether oxygens (including phenoxy) is 2. The van der Waals surface area contributed by atoms with Gasteiger partial charge in [-0.05, 0) is 85.6 Å². The van der Waals surface area contributed by atoms with E-state index in [1.165, 1.54) is 0 Å². The Labute approximate surface area is 212 Å². The van der Waals surface area contributed by atoms with Crippen LogP contribution in [0.1, 0.15) is 23.9 Å². The Morgan fingerprint density at radius 1 is 1.06 bits per heavy atom. The number of rotatable bonds is 7. The van der Waals surface area contributed by atoms with Crippen molar-refractivity contribution >= 4 is 33.9 Å². The summed E-state index contributed by atoms with van der Waals surface area (Å²) in [4.78, 5) is 28.3. The lowest BCUT2D eigenvalue weighted by atomic mass is 9.99. The molecule has 1 aliphatic heterocycles. The molecule has 9 heteroatoms. The number of amides is 2. The van der Waals surface area contributed by atoms with E-state index in [1.807, 2.05) is 61.0 Å². The molecule has 4 aromatic rings. The Kier molecular flexibility index (Phi) is 6.09. The summed E-state index contributed by atoms with van der Waals surface area (Å²) in [5, 5.41) is 11.7. The fourth-order valence-corrected chi connectivity index (χ4v) is 5.08. The summed E-state index contributed by atoms with van der Waals surface area (Å²) in [5.74, 6) is 2.74. The lowest BCUT2D eigenvalue weighted by molar-refractivity contribution is -0.121. The Hall–Kier alpha value is -3.98. The molecule has 184 valence electrons. The van der Waals surface area contributed by atoms with Crippen LogP contribution in [0.15, 0.2) is 60.7 Å². The largest absolute Gasteiger partial charge is 0.508 e. The molecule has 1 atom stereocenters. The quantitative estimate of drug-likeness (QED) is 0.355. The van der Waals surface area contributed by atoms with Crippen LogP contribution in [-0.4, -0.2) is 30.6 Å². The van der Waals surface area contributed by atoms with Gasteiger partial charge in [-0.1, -0.05) is 12.1 Å². The minimum absolute atomic E-state index is 0.201. The number of fused-ring (bicyclic) bond motifs is 1. The Bertz CT molecular complexity index is 1480. The number of imidazole rings is 1. The van der Waals surface area contributed by atoms with Crippen molar-refractivity contribution in [1.82, 2.24) is 14.9 Å². The highest BCUT2D eigenvalue weighted by Gasteiger charge is 2.43. The van der Waals surface area contributed by atoms with E-state index in [4.69, 9.17) is 9.47 Å². The molecule has 1 saturated heterocycles. The second-order valence-corrected chi connectivity index (χ2v) is 10.4. The Morgan fingerprint density at radius 2 is 1.81 bits per heavy atom. The molecule has 2 amide bonds. The maximum absolute atomic E-state index is 12.1. The van der Waals surface area contributed by atoms with Crippen molar-refractivity contribution in [3.8, 4) is 23.0 Å². The zero-order chi connectivity index (χ0) is 25.4. The normalized spacial score (nSPS) is 17.4.